The number of ether oxygens (including phenoxy) is 3. The molecule has 0 radical (unpaired) electrons. The summed E-state index contributed by atoms with van der Waals surface area (Å²) in [7, 11) is 1.34. The zero-order chi connectivity index (χ0) is 19.2. The molecule has 0 aromatic heterocycles. The maximum absolute atomic E-state index is 12.1. The van der Waals surface area contributed by atoms with E-state index in [2.05, 4.69) is 4.74 Å². The van der Waals surface area contributed by atoms with Crippen LogP contribution in [-0.4, -0.2) is 38.4 Å². The fraction of sp³-hybridized carbons (Fsp3) is 0.250. The van der Waals surface area contributed by atoms with Crippen LogP contribution >= 0.6 is 0 Å². The number of cyclic esters (lactones) is 1. The second-order valence-corrected chi connectivity index (χ2v) is 5.99. The highest BCUT2D eigenvalue weighted by Crippen LogP contribution is 2.23. The molecule has 1 aliphatic heterocycles. The van der Waals surface area contributed by atoms with Gasteiger partial charge in [0.25, 0.3) is 0 Å². The van der Waals surface area contributed by atoms with Gasteiger partial charge in [-0.25, -0.2) is 4.79 Å². The molecule has 0 saturated carbocycles. The molecule has 0 bridgehead atoms. The number of hydrogen-bond donors (Lipinski definition) is 0. The van der Waals surface area contributed by atoms with Gasteiger partial charge in [-0.05, 0) is 42.0 Å². The maximum atomic E-state index is 12.1. The van der Waals surface area contributed by atoms with Crippen LogP contribution in [0.1, 0.15) is 11.1 Å². The molecular weight excluding hydrogens is 348 g/mol. The number of carbonyl (C=O) groups is 2. The third-order valence-corrected chi connectivity index (χ3v) is 4.09. The SMILES string of the molecule is COC(=O)Cc1cccc(OCC2CN(c3ccc(C#N)cc3)C(=O)O2)c1. The molecule has 1 amide bonds. The van der Waals surface area contributed by atoms with Crippen molar-refractivity contribution < 1.29 is 23.8 Å². The molecule has 2 aromatic rings. The van der Waals surface area contributed by atoms with E-state index in [1.54, 1.807) is 42.5 Å². The van der Waals surface area contributed by atoms with Crippen LogP contribution in [0.4, 0.5) is 10.5 Å². The molecule has 1 unspecified atom stereocenters. The smallest absolute Gasteiger partial charge is 0.414 e. The van der Waals surface area contributed by atoms with Gasteiger partial charge in [-0.1, -0.05) is 12.1 Å². The van der Waals surface area contributed by atoms with E-state index in [9.17, 15) is 9.59 Å². The van der Waals surface area contributed by atoms with Crippen LogP contribution in [0.15, 0.2) is 48.5 Å². The predicted octanol–water partition coefficient (Wildman–Crippen LogP) is 2.68. The number of benzene rings is 2. The first-order chi connectivity index (χ1) is 13.1. The molecule has 1 atom stereocenters. The lowest BCUT2D eigenvalue weighted by atomic mass is 10.1. The van der Waals surface area contributed by atoms with Crippen molar-refractivity contribution in [2.24, 2.45) is 0 Å². The molecule has 1 fully saturated rings. The first-order valence-electron chi connectivity index (χ1n) is 8.36. The molecule has 1 heterocycles. The zero-order valence-electron chi connectivity index (χ0n) is 14.8. The number of nitriles is 1. The molecule has 7 heteroatoms. The van der Waals surface area contributed by atoms with Crippen LogP contribution in [-0.2, 0) is 20.7 Å². The lowest BCUT2D eigenvalue weighted by Gasteiger charge is -2.13. The average molecular weight is 366 g/mol. The summed E-state index contributed by atoms with van der Waals surface area (Å²) in [5.41, 5.74) is 1.97. The third-order valence-electron chi connectivity index (χ3n) is 4.09. The Kier molecular flexibility index (Phi) is 5.57. The van der Waals surface area contributed by atoms with Crippen molar-refractivity contribution in [1.82, 2.24) is 0 Å². The number of hydrogen-bond acceptors (Lipinski definition) is 6. The highest BCUT2D eigenvalue weighted by atomic mass is 16.6. The highest BCUT2D eigenvalue weighted by Gasteiger charge is 2.32. The third kappa shape index (κ3) is 4.55. The summed E-state index contributed by atoms with van der Waals surface area (Å²) in [6.45, 7) is 0.548. The van der Waals surface area contributed by atoms with Crippen molar-refractivity contribution in [1.29, 1.82) is 5.26 Å². The van der Waals surface area contributed by atoms with E-state index in [-0.39, 0.29) is 19.0 Å². The van der Waals surface area contributed by atoms with Gasteiger partial charge >= 0.3 is 12.1 Å². The molecule has 1 aliphatic rings. The fourth-order valence-corrected chi connectivity index (χ4v) is 2.71. The second kappa shape index (κ2) is 8.23. The zero-order valence-corrected chi connectivity index (χ0v) is 14.8. The number of anilines is 1. The Morgan fingerprint density at radius 1 is 1.30 bits per heavy atom. The van der Waals surface area contributed by atoms with Crippen molar-refractivity contribution in [3.63, 3.8) is 0 Å². The van der Waals surface area contributed by atoms with Crippen LogP contribution in [0.3, 0.4) is 0 Å². The quantitative estimate of drug-likeness (QED) is 0.730. The van der Waals surface area contributed by atoms with Gasteiger partial charge in [-0.15, -0.1) is 0 Å². The number of amides is 1. The molecule has 138 valence electrons. The Morgan fingerprint density at radius 2 is 2.07 bits per heavy atom. The number of esters is 1. The van der Waals surface area contributed by atoms with Crippen LogP contribution in [0.25, 0.3) is 0 Å². The summed E-state index contributed by atoms with van der Waals surface area (Å²) in [6.07, 6.45) is -0.705. The topological polar surface area (TPSA) is 88.9 Å². The van der Waals surface area contributed by atoms with Crippen LogP contribution in [0.2, 0.25) is 0 Å². The minimum absolute atomic E-state index is 0.165. The first kappa shape index (κ1) is 18.3. The van der Waals surface area contributed by atoms with Gasteiger partial charge in [0, 0.05) is 5.69 Å². The number of nitrogens with zero attached hydrogens (tertiary/aromatic N) is 2. The van der Waals surface area contributed by atoms with Gasteiger partial charge < -0.3 is 14.2 Å². The minimum Gasteiger partial charge on any atom is -0.490 e. The van der Waals surface area contributed by atoms with E-state index in [1.165, 1.54) is 12.0 Å². The molecule has 1 saturated heterocycles. The summed E-state index contributed by atoms with van der Waals surface area (Å²) in [5, 5.41) is 8.85. The van der Waals surface area contributed by atoms with Crippen LogP contribution in [0.5, 0.6) is 5.75 Å². The van der Waals surface area contributed by atoms with E-state index in [1.807, 2.05) is 12.1 Å². The van der Waals surface area contributed by atoms with Gasteiger partial charge in [0.2, 0.25) is 0 Å². The Hall–Kier alpha value is -3.53. The monoisotopic (exact) mass is 366 g/mol. The van der Waals surface area contributed by atoms with Crippen molar-refractivity contribution >= 4 is 17.7 Å². The molecule has 7 nitrogen and oxygen atoms in total. The molecule has 0 aliphatic carbocycles. The number of rotatable bonds is 6. The Morgan fingerprint density at radius 3 is 2.78 bits per heavy atom. The molecule has 0 spiro atoms. The van der Waals surface area contributed by atoms with Crippen molar-refractivity contribution in [3.8, 4) is 11.8 Å². The first-order valence-corrected chi connectivity index (χ1v) is 8.36. The molecule has 3 rings (SSSR count). The molecule has 27 heavy (non-hydrogen) atoms. The fourth-order valence-electron chi connectivity index (χ4n) is 2.71. The van der Waals surface area contributed by atoms with Gasteiger partial charge in [-0.3, -0.25) is 9.69 Å². The van der Waals surface area contributed by atoms with Gasteiger partial charge in [-0.2, -0.15) is 5.26 Å². The molecule has 2 aromatic carbocycles. The Balaban J connectivity index is 1.58. The summed E-state index contributed by atoms with van der Waals surface area (Å²) < 4.78 is 15.7. The second-order valence-electron chi connectivity index (χ2n) is 5.99. The summed E-state index contributed by atoms with van der Waals surface area (Å²) >= 11 is 0. The summed E-state index contributed by atoms with van der Waals surface area (Å²) in [5.74, 6) is 0.263. The van der Waals surface area contributed by atoms with Crippen molar-refractivity contribution in [2.45, 2.75) is 12.5 Å². The van der Waals surface area contributed by atoms with Gasteiger partial charge in [0.15, 0.2) is 6.10 Å². The standard InChI is InChI=1S/C20H18N2O5/c1-25-19(23)10-15-3-2-4-17(9-15)26-13-18-12-22(20(24)27-18)16-7-5-14(11-21)6-8-16/h2-9,18H,10,12-13H2,1H3. The van der Waals surface area contributed by atoms with Gasteiger partial charge in [0.1, 0.15) is 12.4 Å². The van der Waals surface area contributed by atoms with Crippen LogP contribution in [0, 0.1) is 11.3 Å². The highest BCUT2D eigenvalue weighted by molar-refractivity contribution is 5.89. The maximum Gasteiger partial charge on any atom is 0.414 e. The minimum atomic E-state index is -0.451. The number of methoxy groups -OCH3 is 1. The van der Waals surface area contributed by atoms with E-state index < -0.39 is 12.2 Å². The molecule has 0 N–H and O–H groups in total. The normalized spacial score (nSPS) is 15.8. The van der Waals surface area contributed by atoms with E-state index >= 15 is 0 Å². The Labute approximate surface area is 156 Å². The Bertz CT molecular complexity index is 873. The van der Waals surface area contributed by atoms with Gasteiger partial charge in [0.05, 0.1) is 31.7 Å². The van der Waals surface area contributed by atoms with Crippen molar-refractivity contribution in [2.75, 3.05) is 25.2 Å². The average Bonchev–Trinajstić information content (AvgIpc) is 3.07. The van der Waals surface area contributed by atoms with Crippen molar-refractivity contribution in [3.05, 3.63) is 59.7 Å². The summed E-state index contributed by atoms with van der Waals surface area (Å²) in [4.78, 5) is 25.0. The van der Waals surface area contributed by atoms with E-state index in [0.29, 0.717) is 23.5 Å². The predicted molar refractivity (Wildman–Crippen MR) is 96.4 cm³/mol. The van der Waals surface area contributed by atoms with E-state index in [0.717, 1.165) is 5.56 Å². The largest absolute Gasteiger partial charge is 0.490 e. The van der Waals surface area contributed by atoms with Crippen LogP contribution < -0.4 is 9.64 Å². The number of carbonyl (C=O) groups excluding carboxylic acids is 2. The lowest BCUT2D eigenvalue weighted by molar-refractivity contribution is -0.139. The summed E-state index contributed by atoms with van der Waals surface area (Å²) in [6, 6.07) is 15.9. The van der Waals surface area contributed by atoms with E-state index in [4.69, 9.17) is 14.7 Å². The lowest BCUT2D eigenvalue weighted by Crippen LogP contribution is -2.26. The molecular formula is C20H18N2O5.